The zero-order chi connectivity index (χ0) is 21.3. The monoisotopic (exact) mass is 425 g/mol. The molecule has 3 aromatic rings. The van der Waals surface area contributed by atoms with E-state index in [0.29, 0.717) is 29.2 Å². The molecule has 0 aliphatic carbocycles. The Morgan fingerprint density at radius 1 is 1.27 bits per heavy atom. The first-order valence-corrected chi connectivity index (χ1v) is 10.5. The third-order valence-corrected chi connectivity index (χ3v) is 6.26. The molecule has 5 nitrogen and oxygen atoms in total. The molecular weight excluding hydrogens is 405 g/mol. The van der Waals surface area contributed by atoms with Gasteiger partial charge in [0, 0.05) is 28.3 Å². The van der Waals surface area contributed by atoms with Crippen LogP contribution in [0, 0.1) is 5.82 Å². The number of ether oxygens (including phenoxy) is 1. The van der Waals surface area contributed by atoms with Crippen LogP contribution in [-0.2, 0) is 4.79 Å². The van der Waals surface area contributed by atoms with Gasteiger partial charge in [0.15, 0.2) is 0 Å². The van der Waals surface area contributed by atoms with Crippen molar-refractivity contribution >= 4 is 28.9 Å². The van der Waals surface area contributed by atoms with E-state index in [1.54, 1.807) is 6.07 Å². The maximum atomic E-state index is 13.9. The molecule has 0 saturated carbocycles. The van der Waals surface area contributed by atoms with E-state index in [4.69, 9.17) is 4.74 Å². The van der Waals surface area contributed by atoms with Crippen molar-refractivity contribution in [3.05, 3.63) is 69.7 Å². The number of hydrogen-bond acceptors (Lipinski definition) is 4. The van der Waals surface area contributed by atoms with E-state index in [-0.39, 0.29) is 23.1 Å². The maximum Gasteiger partial charge on any atom is 0.346 e. The number of carboxylic acids is 1. The number of hydrogen-bond donors (Lipinski definition) is 2. The maximum absolute atomic E-state index is 13.9. The largest absolute Gasteiger partial charge is 0.493 e. The van der Waals surface area contributed by atoms with E-state index in [1.165, 1.54) is 18.2 Å². The molecule has 0 bridgehead atoms. The Balaban J connectivity index is 1.90. The van der Waals surface area contributed by atoms with Gasteiger partial charge in [-0.05, 0) is 30.2 Å². The number of carbonyl (C=O) groups is 2. The summed E-state index contributed by atoms with van der Waals surface area (Å²) in [7, 11) is 0. The lowest BCUT2D eigenvalue weighted by atomic mass is 9.88. The first kappa shape index (κ1) is 20.1. The molecular formula is C23H20FNO4S. The first-order valence-electron chi connectivity index (χ1n) is 9.67. The normalized spacial score (nSPS) is 15.4. The number of para-hydroxylation sites is 1. The number of rotatable bonds is 6. The van der Waals surface area contributed by atoms with Crippen LogP contribution < -0.4 is 10.1 Å². The van der Waals surface area contributed by atoms with E-state index in [9.17, 15) is 19.1 Å². The number of nitrogens with one attached hydrogen (secondary N) is 1. The van der Waals surface area contributed by atoms with Crippen molar-refractivity contribution in [1.29, 1.82) is 0 Å². The molecule has 1 aliphatic rings. The van der Waals surface area contributed by atoms with Crippen LogP contribution in [0.3, 0.4) is 0 Å². The lowest BCUT2D eigenvalue weighted by Crippen LogP contribution is -2.23. The number of aromatic carboxylic acids is 1. The van der Waals surface area contributed by atoms with Crippen molar-refractivity contribution in [3.63, 3.8) is 0 Å². The molecule has 2 heterocycles. The highest BCUT2D eigenvalue weighted by Crippen LogP contribution is 2.50. The molecule has 154 valence electrons. The SMILES string of the molecule is CCCOc1ccccc1[C@H]1CC(=O)Nc2c1sc(C(=O)O)c2-c1cccc(F)c1. The van der Waals surface area contributed by atoms with Gasteiger partial charge in [0.2, 0.25) is 5.91 Å². The summed E-state index contributed by atoms with van der Waals surface area (Å²) >= 11 is 1.12. The fraction of sp³-hybridized carbons (Fsp3) is 0.217. The van der Waals surface area contributed by atoms with Crippen molar-refractivity contribution in [1.82, 2.24) is 0 Å². The molecule has 4 rings (SSSR count). The van der Waals surface area contributed by atoms with E-state index in [2.05, 4.69) is 5.32 Å². The Hall–Kier alpha value is -3.19. The molecule has 1 aliphatic heterocycles. The van der Waals surface area contributed by atoms with Gasteiger partial charge >= 0.3 is 5.97 Å². The number of thiophene rings is 1. The van der Waals surface area contributed by atoms with Gasteiger partial charge < -0.3 is 15.2 Å². The molecule has 0 radical (unpaired) electrons. The van der Waals surface area contributed by atoms with Gasteiger partial charge in [0.25, 0.3) is 0 Å². The van der Waals surface area contributed by atoms with Gasteiger partial charge in [-0.15, -0.1) is 11.3 Å². The summed E-state index contributed by atoms with van der Waals surface area (Å²) in [6.07, 6.45) is 1.03. The second kappa shape index (κ2) is 8.28. The van der Waals surface area contributed by atoms with Crippen LogP contribution in [0.5, 0.6) is 5.75 Å². The highest BCUT2D eigenvalue weighted by atomic mass is 32.1. The van der Waals surface area contributed by atoms with Gasteiger partial charge in [0.05, 0.1) is 12.3 Å². The molecule has 1 aromatic heterocycles. The smallest absolute Gasteiger partial charge is 0.346 e. The van der Waals surface area contributed by atoms with Crippen LogP contribution in [0.1, 0.15) is 45.8 Å². The molecule has 0 fully saturated rings. The predicted molar refractivity (Wildman–Crippen MR) is 114 cm³/mol. The van der Waals surface area contributed by atoms with E-state index in [0.717, 1.165) is 28.2 Å². The standard InChI is InChI=1S/C23H20FNO4S/c1-2-10-29-17-9-4-3-8-15(17)16-12-18(26)25-20-19(13-6-5-7-14(24)11-13)22(23(27)28)30-21(16)20/h3-9,11,16H,2,10,12H2,1H3,(H,25,26)(H,27,28)/t16-/m1/s1. The Kier molecular flexibility index (Phi) is 5.55. The van der Waals surface area contributed by atoms with Crippen LogP contribution >= 0.6 is 11.3 Å². The molecule has 30 heavy (non-hydrogen) atoms. The summed E-state index contributed by atoms with van der Waals surface area (Å²) in [5, 5.41) is 12.6. The third kappa shape index (κ3) is 3.68. The second-order valence-electron chi connectivity index (χ2n) is 7.05. The Morgan fingerprint density at radius 2 is 2.07 bits per heavy atom. The van der Waals surface area contributed by atoms with Crippen molar-refractivity contribution in [3.8, 4) is 16.9 Å². The van der Waals surface area contributed by atoms with Crippen molar-refractivity contribution in [2.75, 3.05) is 11.9 Å². The van der Waals surface area contributed by atoms with Crippen LogP contribution in [0.4, 0.5) is 10.1 Å². The predicted octanol–water partition coefficient (Wildman–Crippen LogP) is 5.52. The Bertz CT molecular complexity index is 1120. The average molecular weight is 425 g/mol. The van der Waals surface area contributed by atoms with Gasteiger partial charge in [0.1, 0.15) is 16.4 Å². The fourth-order valence-corrected chi connectivity index (χ4v) is 4.96. The molecule has 0 saturated heterocycles. The topological polar surface area (TPSA) is 75.6 Å². The summed E-state index contributed by atoms with van der Waals surface area (Å²) in [4.78, 5) is 25.4. The van der Waals surface area contributed by atoms with Crippen LogP contribution in [0.2, 0.25) is 0 Å². The van der Waals surface area contributed by atoms with Crippen LogP contribution in [0.15, 0.2) is 48.5 Å². The number of anilines is 1. The lowest BCUT2D eigenvalue weighted by Gasteiger charge is -2.25. The molecule has 2 aromatic carbocycles. The van der Waals surface area contributed by atoms with Gasteiger partial charge in [-0.25, -0.2) is 9.18 Å². The molecule has 1 amide bonds. The minimum Gasteiger partial charge on any atom is -0.493 e. The van der Waals surface area contributed by atoms with Crippen molar-refractivity contribution < 1.29 is 23.8 Å². The van der Waals surface area contributed by atoms with Gasteiger partial charge in [-0.3, -0.25) is 4.79 Å². The third-order valence-electron chi connectivity index (χ3n) is 4.97. The minimum atomic E-state index is -1.11. The minimum absolute atomic E-state index is 0.0738. The zero-order valence-electron chi connectivity index (χ0n) is 16.3. The molecule has 2 N–H and O–H groups in total. The summed E-state index contributed by atoms with van der Waals surface area (Å²) in [6, 6.07) is 13.3. The number of benzene rings is 2. The van der Waals surface area contributed by atoms with Crippen molar-refractivity contribution in [2.45, 2.75) is 25.7 Å². The summed E-state index contributed by atoms with van der Waals surface area (Å²) in [5.41, 5.74) is 2.04. The summed E-state index contributed by atoms with van der Waals surface area (Å²) in [5.74, 6) is -1.46. The summed E-state index contributed by atoms with van der Waals surface area (Å²) < 4.78 is 19.7. The van der Waals surface area contributed by atoms with Gasteiger partial charge in [-0.2, -0.15) is 0 Å². The van der Waals surface area contributed by atoms with Crippen molar-refractivity contribution in [2.24, 2.45) is 0 Å². The highest BCUT2D eigenvalue weighted by Gasteiger charge is 2.35. The average Bonchev–Trinajstić information content (AvgIpc) is 3.11. The number of fused-ring (bicyclic) bond motifs is 1. The number of amides is 1. The quantitative estimate of drug-likeness (QED) is 0.546. The van der Waals surface area contributed by atoms with Crippen LogP contribution in [0.25, 0.3) is 11.1 Å². The van der Waals surface area contributed by atoms with E-state index in [1.807, 2.05) is 31.2 Å². The Labute approximate surface area is 177 Å². The number of carboxylic acid groups (broad SMARTS) is 1. The lowest BCUT2D eigenvalue weighted by molar-refractivity contribution is -0.116. The number of halogens is 1. The van der Waals surface area contributed by atoms with E-state index >= 15 is 0 Å². The molecule has 0 unspecified atom stereocenters. The fourth-order valence-electron chi connectivity index (χ4n) is 3.72. The highest BCUT2D eigenvalue weighted by molar-refractivity contribution is 7.15. The molecule has 0 spiro atoms. The summed E-state index contributed by atoms with van der Waals surface area (Å²) in [6.45, 7) is 2.56. The second-order valence-corrected chi connectivity index (χ2v) is 8.10. The molecule has 1 atom stereocenters. The van der Waals surface area contributed by atoms with Crippen LogP contribution in [-0.4, -0.2) is 23.6 Å². The van der Waals surface area contributed by atoms with E-state index < -0.39 is 11.8 Å². The number of carbonyl (C=O) groups excluding carboxylic acids is 1. The first-order chi connectivity index (χ1) is 14.5. The van der Waals surface area contributed by atoms with Gasteiger partial charge in [-0.1, -0.05) is 37.3 Å². The molecule has 7 heteroatoms. The zero-order valence-corrected chi connectivity index (χ0v) is 17.1. The Morgan fingerprint density at radius 3 is 2.80 bits per heavy atom.